The van der Waals surface area contributed by atoms with Crippen LogP contribution in [-0.2, 0) is 4.79 Å². The fraction of sp³-hybridized carbons (Fsp3) is 0.100. The smallest absolute Gasteiger partial charge is 0.249 e. The van der Waals surface area contributed by atoms with Crippen LogP contribution in [-0.4, -0.2) is 5.91 Å². The number of primary amides is 1. The SMILES string of the molecule is C=CC1=C(C(N)=O)C=CCC=C1. The van der Waals surface area contributed by atoms with E-state index in [1.54, 1.807) is 12.2 Å². The zero-order chi connectivity index (χ0) is 8.97. The standard InChI is InChI=1S/C10H11NO/c1-2-8-6-4-3-5-7-9(8)10(11)12/h2,4-7H,1,3H2,(H2,11,12). The monoisotopic (exact) mass is 161 g/mol. The lowest BCUT2D eigenvalue weighted by molar-refractivity contribution is -0.114. The Bertz CT molecular complexity index is 295. The van der Waals surface area contributed by atoms with Crippen molar-refractivity contribution in [1.29, 1.82) is 0 Å². The summed E-state index contributed by atoms with van der Waals surface area (Å²) in [6.07, 6.45) is 9.91. The van der Waals surface area contributed by atoms with Crippen LogP contribution < -0.4 is 5.73 Å². The third kappa shape index (κ3) is 1.72. The minimum Gasteiger partial charge on any atom is -0.366 e. The molecular formula is C10H11NO. The van der Waals surface area contributed by atoms with Gasteiger partial charge in [-0.25, -0.2) is 0 Å². The molecule has 2 N–H and O–H groups in total. The van der Waals surface area contributed by atoms with Crippen LogP contribution in [0, 0.1) is 0 Å². The van der Waals surface area contributed by atoms with Gasteiger partial charge < -0.3 is 5.73 Å². The van der Waals surface area contributed by atoms with Gasteiger partial charge in [-0.3, -0.25) is 4.79 Å². The molecule has 0 aromatic heterocycles. The van der Waals surface area contributed by atoms with E-state index in [-0.39, 0.29) is 0 Å². The van der Waals surface area contributed by atoms with Crippen LogP contribution in [0.1, 0.15) is 6.42 Å². The molecule has 1 aliphatic carbocycles. The molecule has 0 fully saturated rings. The van der Waals surface area contributed by atoms with Gasteiger partial charge in [0.2, 0.25) is 5.91 Å². The maximum Gasteiger partial charge on any atom is 0.249 e. The number of rotatable bonds is 2. The molecule has 2 nitrogen and oxygen atoms in total. The summed E-state index contributed by atoms with van der Waals surface area (Å²) in [5.74, 6) is -0.410. The lowest BCUT2D eigenvalue weighted by atomic mass is 10.1. The number of amides is 1. The maximum atomic E-state index is 10.9. The van der Waals surface area contributed by atoms with Crippen LogP contribution in [0.4, 0.5) is 0 Å². The highest BCUT2D eigenvalue weighted by atomic mass is 16.1. The van der Waals surface area contributed by atoms with E-state index in [0.717, 1.165) is 12.0 Å². The molecule has 12 heavy (non-hydrogen) atoms. The molecule has 1 aliphatic rings. The second-order valence-corrected chi connectivity index (χ2v) is 2.48. The molecule has 0 saturated heterocycles. The predicted octanol–water partition coefficient (Wildman–Crippen LogP) is 1.47. The van der Waals surface area contributed by atoms with Crippen LogP contribution in [0.15, 0.2) is 48.1 Å². The molecule has 1 rings (SSSR count). The van der Waals surface area contributed by atoms with Gasteiger partial charge in [0.1, 0.15) is 0 Å². The van der Waals surface area contributed by atoms with Crippen LogP contribution in [0.2, 0.25) is 0 Å². The molecule has 0 aromatic rings. The van der Waals surface area contributed by atoms with E-state index in [1.165, 1.54) is 0 Å². The molecule has 0 aromatic carbocycles. The Morgan fingerprint density at radius 1 is 1.50 bits per heavy atom. The lowest BCUT2D eigenvalue weighted by Gasteiger charge is -1.98. The van der Waals surface area contributed by atoms with Crippen molar-refractivity contribution < 1.29 is 4.79 Å². The number of hydrogen-bond acceptors (Lipinski definition) is 1. The molecule has 0 bridgehead atoms. The van der Waals surface area contributed by atoms with E-state index in [9.17, 15) is 4.79 Å². The number of carbonyl (C=O) groups is 1. The lowest BCUT2D eigenvalue weighted by Crippen LogP contribution is -2.13. The van der Waals surface area contributed by atoms with Gasteiger partial charge in [-0.2, -0.15) is 0 Å². The molecule has 0 heterocycles. The Kier molecular flexibility index (Phi) is 2.64. The van der Waals surface area contributed by atoms with Crippen molar-refractivity contribution in [2.24, 2.45) is 5.73 Å². The topological polar surface area (TPSA) is 43.1 Å². The average molecular weight is 161 g/mol. The summed E-state index contributed by atoms with van der Waals surface area (Å²) in [7, 11) is 0. The van der Waals surface area contributed by atoms with E-state index in [0.29, 0.717) is 5.57 Å². The van der Waals surface area contributed by atoms with Gasteiger partial charge in [-0.05, 0) is 12.0 Å². The van der Waals surface area contributed by atoms with Crippen LogP contribution in [0.3, 0.4) is 0 Å². The van der Waals surface area contributed by atoms with E-state index in [1.807, 2.05) is 18.2 Å². The highest BCUT2D eigenvalue weighted by Crippen LogP contribution is 2.13. The normalized spacial score (nSPS) is 16.0. The molecule has 0 aliphatic heterocycles. The first kappa shape index (κ1) is 8.53. The summed E-state index contributed by atoms with van der Waals surface area (Å²) in [5, 5.41) is 0. The van der Waals surface area contributed by atoms with Crippen molar-refractivity contribution in [1.82, 2.24) is 0 Å². The Balaban J connectivity index is 3.15. The molecule has 0 unspecified atom stereocenters. The molecule has 0 radical (unpaired) electrons. The summed E-state index contributed by atoms with van der Waals surface area (Å²) in [4.78, 5) is 10.9. The molecule has 2 heteroatoms. The largest absolute Gasteiger partial charge is 0.366 e. The molecule has 0 spiro atoms. The second-order valence-electron chi connectivity index (χ2n) is 2.48. The van der Waals surface area contributed by atoms with Crippen molar-refractivity contribution in [2.75, 3.05) is 0 Å². The first-order valence-electron chi connectivity index (χ1n) is 3.75. The van der Waals surface area contributed by atoms with Gasteiger partial charge in [0.05, 0.1) is 0 Å². The van der Waals surface area contributed by atoms with Crippen molar-refractivity contribution in [2.45, 2.75) is 6.42 Å². The minimum absolute atomic E-state index is 0.410. The Labute approximate surface area is 71.8 Å². The van der Waals surface area contributed by atoms with Gasteiger partial charge in [-0.1, -0.05) is 37.0 Å². The third-order valence-corrected chi connectivity index (χ3v) is 1.65. The first-order valence-corrected chi connectivity index (χ1v) is 3.75. The van der Waals surface area contributed by atoms with Crippen molar-refractivity contribution in [3.05, 3.63) is 48.1 Å². The van der Waals surface area contributed by atoms with Crippen molar-refractivity contribution >= 4 is 5.91 Å². The Morgan fingerprint density at radius 3 is 2.75 bits per heavy atom. The van der Waals surface area contributed by atoms with Crippen LogP contribution in [0.25, 0.3) is 0 Å². The van der Waals surface area contributed by atoms with Crippen molar-refractivity contribution in [3.63, 3.8) is 0 Å². The number of hydrogen-bond donors (Lipinski definition) is 1. The fourth-order valence-electron chi connectivity index (χ4n) is 1.05. The van der Waals surface area contributed by atoms with E-state index in [2.05, 4.69) is 6.58 Å². The summed E-state index contributed by atoms with van der Waals surface area (Å²) in [5.41, 5.74) is 6.49. The average Bonchev–Trinajstić information content (AvgIpc) is 2.27. The van der Waals surface area contributed by atoms with E-state index < -0.39 is 5.91 Å². The Morgan fingerprint density at radius 2 is 2.17 bits per heavy atom. The quantitative estimate of drug-likeness (QED) is 0.654. The van der Waals surface area contributed by atoms with Crippen LogP contribution in [0.5, 0.6) is 0 Å². The van der Waals surface area contributed by atoms with Gasteiger partial charge in [0, 0.05) is 5.57 Å². The highest BCUT2D eigenvalue weighted by Gasteiger charge is 2.05. The Hall–Kier alpha value is -1.57. The third-order valence-electron chi connectivity index (χ3n) is 1.65. The second kappa shape index (κ2) is 3.72. The van der Waals surface area contributed by atoms with E-state index >= 15 is 0 Å². The summed E-state index contributed by atoms with van der Waals surface area (Å²) < 4.78 is 0. The first-order chi connectivity index (χ1) is 5.75. The molecule has 0 atom stereocenters. The summed E-state index contributed by atoms with van der Waals surface area (Å²) >= 11 is 0. The molecule has 1 amide bonds. The maximum absolute atomic E-state index is 10.9. The van der Waals surface area contributed by atoms with Crippen molar-refractivity contribution in [3.8, 4) is 0 Å². The van der Waals surface area contributed by atoms with Gasteiger partial charge in [0.25, 0.3) is 0 Å². The van der Waals surface area contributed by atoms with Gasteiger partial charge in [-0.15, -0.1) is 0 Å². The molecule has 62 valence electrons. The summed E-state index contributed by atoms with van der Waals surface area (Å²) in [6, 6.07) is 0. The van der Waals surface area contributed by atoms with Gasteiger partial charge >= 0.3 is 0 Å². The zero-order valence-corrected chi connectivity index (χ0v) is 6.79. The number of allylic oxidation sites excluding steroid dienone is 5. The fourth-order valence-corrected chi connectivity index (χ4v) is 1.05. The minimum atomic E-state index is -0.410. The number of carbonyl (C=O) groups excluding carboxylic acids is 1. The molecule has 0 saturated carbocycles. The molecular weight excluding hydrogens is 150 g/mol. The number of nitrogens with two attached hydrogens (primary N) is 1. The zero-order valence-electron chi connectivity index (χ0n) is 6.79. The summed E-state index contributed by atoms with van der Waals surface area (Å²) in [6.45, 7) is 3.61. The van der Waals surface area contributed by atoms with E-state index in [4.69, 9.17) is 5.73 Å². The van der Waals surface area contributed by atoms with Crippen LogP contribution >= 0.6 is 0 Å². The van der Waals surface area contributed by atoms with Gasteiger partial charge in [0.15, 0.2) is 0 Å². The predicted molar refractivity (Wildman–Crippen MR) is 49.3 cm³/mol. The highest BCUT2D eigenvalue weighted by molar-refractivity contribution is 5.96.